The second kappa shape index (κ2) is 48.3. The van der Waals surface area contributed by atoms with E-state index in [-0.39, 0.29) is 92.1 Å². The van der Waals surface area contributed by atoms with Gasteiger partial charge < -0.3 is 92.0 Å². The van der Waals surface area contributed by atoms with Crippen molar-refractivity contribution in [3.8, 4) is 5.75 Å². The number of hydrogen-bond donors (Lipinski definition) is 13. The Bertz CT molecular complexity index is 4450. The lowest BCUT2D eigenvalue weighted by atomic mass is 9.84. The summed E-state index contributed by atoms with van der Waals surface area (Å²) in [4.78, 5) is 297. The molecule has 15 atom stereocenters. The number of ketones is 7. The normalized spacial score (nSPS) is 26.8. The summed E-state index contributed by atoms with van der Waals surface area (Å²) < 4.78 is 21.6. The van der Waals surface area contributed by atoms with Crippen molar-refractivity contribution >= 4 is 168 Å². The van der Waals surface area contributed by atoms with E-state index in [0.717, 1.165) is 36.8 Å². The molecule has 0 spiro atoms. The first-order chi connectivity index (χ1) is 58.0. The number of nitrogens with one attached hydrogen (secondary N) is 10. The minimum absolute atomic E-state index is 0.0472. The van der Waals surface area contributed by atoms with E-state index in [1.807, 2.05) is 0 Å². The number of nitrogens with zero attached hydrogens (tertiary/aromatic N) is 1. The molecule has 674 valence electrons. The van der Waals surface area contributed by atoms with Gasteiger partial charge in [-0.15, -0.1) is 11.8 Å². The molecule has 123 heavy (non-hydrogen) atoms. The number of aromatic nitrogens is 1. The summed E-state index contributed by atoms with van der Waals surface area (Å²) in [6, 6.07) is -9.44. The van der Waals surface area contributed by atoms with Crippen molar-refractivity contribution in [2.45, 2.75) is 231 Å². The maximum absolute atomic E-state index is 15.3. The van der Waals surface area contributed by atoms with Gasteiger partial charge in [-0.05, 0) is 85.5 Å². The van der Waals surface area contributed by atoms with Gasteiger partial charge in [0.1, 0.15) is 28.4 Å². The molecule has 1 aromatic heterocycles. The van der Waals surface area contributed by atoms with Crippen LogP contribution in [0.25, 0.3) is 10.9 Å². The average Bonchev–Trinajstić information content (AvgIpc) is 1.62. The Hall–Kier alpha value is -10.8. The smallest absolute Gasteiger partial charge is 0.342 e. The van der Waals surface area contributed by atoms with Crippen molar-refractivity contribution in [1.82, 2.24) is 52.4 Å². The molecular weight excluding hydrogens is 1700 g/mol. The first-order valence-corrected chi connectivity index (χ1v) is 42.4. The number of rotatable bonds is 13. The molecule has 1 fully saturated rings. The topological polar surface area (TPSA) is 583 Å². The fourth-order valence-electron chi connectivity index (χ4n) is 13.9. The Morgan fingerprint density at radius 1 is 0.634 bits per heavy atom. The lowest BCUT2D eigenvalue weighted by molar-refractivity contribution is -0.148. The van der Waals surface area contributed by atoms with E-state index in [1.165, 1.54) is 39.8 Å². The Morgan fingerprint density at radius 2 is 1.23 bits per heavy atom. The van der Waals surface area contributed by atoms with Crippen LogP contribution < -0.4 is 52.6 Å². The number of halogens is 1. The molecule has 0 radical (unpaired) electrons. The number of carboxylic acids is 2. The van der Waals surface area contributed by atoms with Crippen LogP contribution in [0.2, 0.25) is 0 Å². The first-order valence-electron chi connectivity index (χ1n) is 40.7. The summed E-state index contributed by atoms with van der Waals surface area (Å²) in [6.07, 6.45) is -6.66. The van der Waals surface area contributed by atoms with Crippen LogP contribution in [0.15, 0.2) is 39.4 Å². The molecule has 6 unspecified atom stereocenters. The summed E-state index contributed by atoms with van der Waals surface area (Å²) in [7, 11) is 1.01. The predicted molar refractivity (Wildman–Crippen MR) is 440 cm³/mol. The van der Waals surface area contributed by atoms with E-state index >= 15 is 14.4 Å². The molecule has 2 aromatic rings. The molecule has 0 saturated carbocycles. The molecule has 1 saturated heterocycles. The number of carbonyl (C=O) groups excluding carboxylic acids is 19. The van der Waals surface area contributed by atoms with Gasteiger partial charge in [0.25, 0.3) is 0 Å². The number of hydrogen-bond acceptors (Lipinski definition) is 27. The zero-order valence-electron chi connectivity index (χ0n) is 70.2. The number of methoxy groups -OCH3 is 1. The number of benzene rings is 1. The number of fused-ring (bicyclic) bond motifs is 6. The van der Waals surface area contributed by atoms with Crippen molar-refractivity contribution in [2.75, 3.05) is 57.7 Å². The molecule has 1 aromatic carbocycles. The van der Waals surface area contributed by atoms with Gasteiger partial charge in [0.05, 0.1) is 97.7 Å². The Balaban J connectivity index is 1.45. The van der Waals surface area contributed by atoms with E-state index in [2.05, 4.69) is 68.8 Å². The summed E-state index contributed by atoms with van der Waals surface area (Å²) >= 11 is 3.55. The number of anilines is 1. The number of H-pyrrole nitrogens is 1. The number of aliphatic carboxylic acids is 2. The zero-order chi connectivity index (χ0) is 91.4. The van der Waals surface area contributed by atoms with Gasteiger partial charge in [-0.3, -0.25) is 91.1 Å². The number of ether oxygens (including phenoxy) is 4. The minimum atomic E-state index is -1.84. The molecular formula is C82H110BrN11O28S. The third-order valence-corrected chi connectivity index (χ3v) is 23.3. The minimum Gasteiger partial charge on any atom is -0.478 e. The number of allylic oxidation sites excluding steroid dienone is 1. The van der Waals surface area contributed by atoms with Crippen LogP contribution in [-0.2, 0) is 121 Å². The fourth-order valence-corrected chi connectivity index (χ4v) is 15.3. The number of Topliss-reactive ketones (excluding diaryl/α,β-unsaturated/α-hetero) is 6. The molecule has 2 bridgehead atoms. The van der Waals surface area contributed by atoms with Crippen LogP contribution in [0, 0.1) is 35.5 Å². The van der Waals surface area contributed by atoms with Crippen molar-refractivity contribution in [2.24, 2.45) is 35.5 Å². The van der Waals surface area contributed by atoms with Crippen LogP contribution in [0.4, 0.5) is 5.69 Å². The van der Waals surface area contributed by atoms with E-state index in [9.17, 15) is 102 Å². The zero-order valence-corrected chi connectivity index (χ0v) is 72.6. The lowest BCUT2D eigenvalue weighted by Crippen LogP contribution is -2.59. The molecule has 13 N–H and O–H groups in total. The van der Waals surface area contributed by atoms with Gasteiger partial charge in [-0.1, -0.05) is 54.4 Å². The monoisotopic (exact) mass is 1810 g/mol. The highest BCUT2D eigenvalue weighted by molar-refractivity contribution is 9.12. The lowest BCUT2D eigenvalue weighted by Gasteiger charge is -2.31. The maximum atomic E-state index is 15.3. The van der Waals surface area contributed by atoms with Crippen LogP contribution in [0.5, 0.6) is 5.75 Å². The Morgan fingerprint density at radius 3 is 1.82 bits per heavy atom. The number of thioether (sulfide) groups is 1. The van der Waals surface area contributed by atoms with Gasteiger partial charge in [0.2, 0.25) is 59.1 Å². The highest BCUT2D eigenvalue weighted by atomic mass is 79.9. The number of aliphatic hydroxyl groups excluding tert-OH is 1. The number of carboxylic acid groups (broad SMARTS) is 2. The van der Waals surface area contributed by atoms with Crippen LogP contribution in [0.1, 0.15) is 171 Å². The summed E-state index contributed by atoms with van der Waals surface area (Å²) in [5.41, 5.74) is -0.544. The highest BCUT2D eigenvalue weighted by Gasteiger charge is 2.46. The van der Waals surface area contributed by atoms with Gasteiger partial charge in [-0.25, -0.2) is 9.59 Å². The molecule has 5 heterocycles. The predicted octanol–water partition coefficient (Wildman–Crippen LogP) is 1.45. The Labute approximate surface area is 721 Å². The van der Waals surface area contributed by atoms with E-state index in [0.29, 0.717) is 12.5 Å². The largest absolute Gasteiger partial charge is 0.478 e. The third kappa shape index (κ3) is 30.6. The van der Waals surface area contributed by atoms with Gasteiger partial charge >= 0.3 is 23.9 Å². The molecule has 10 amide bonds. The SMILES string of the molecule is CC[C@H](C)[C@@H]1NC(=O)CNC(=O)[C@H]2CC(=O)[C@H]([C@@H](C)CC)NC(=O)[C@@H]3C[C@H](O)CN3C(=O)[C@H](CC(=O)OC)NC(=O)[C@H](CSc3[nH]c4cc5c(cc4c3C2)NC(=O)C(C)CC(=O)C(C)NC(=O)CCOCCCC(=O)C(CC(=O)/C=C(/C)C(=O)O)C(NC(=O)/C=C(/Br)C(=O)O)C(=O)CCCOCCC(=O)NC(C)C(=O)CC(C)C(=O)O5)NC(=O)CCC1=O. The van der Waals surface area contributed by atoms with Crippen molar-refractivity contribution < 1.29 is 135 Å². The molecule has 39 nitrogen and oxygen atoms in total. The van der Waals surface area contributed by atoms with Crippen LogP contribution in [-0.4, -0.2) is 255 Å². The Kier molecular flexibility index (Phi) is 39.7. The number of carbonyl (C=O) groups is 21. The summed E-state index contributed by atoms with van der Waals surface area (Å²) in [5, 5.41) is 53.4. The maximum Gasteiger partial charge on any atom is 0.342 e. The van der Waals surface area contributed by atoms with Crippen LogP contribution in [0.3, 0.4) is 0 Å². The van der Waals surface area contributed by atoms with Gasteiger partial charge in [-0.2, -0.15) is 0 Å². The second-order valence-electron chi connectivity index (χ2n) is 31.2. The average molecular weight is 1810 g/mol. The molecule has 4 aliphatic rings. The summed E-state index contributed by atoms with van der Waals surface area (Å²) in [6.45, 7) is 11.0. The molecule has 6 rings (SSSR count). The highest BCUT2D eigenvalue weighted by Crippen LogP contribution is 2.40. The number of amides is 10. The second-order valence-corrected chi connectivity index (χ2v) is 33.1. The number of aromatic amines is 1. The van der Waals surface area contributed by atoms with Crippen LogP contribution >= 0.6 is 27.7 Å². The van der Waals surface area contributed by atoms with E-state index in [4.69, 9.17) is 18.9 Å². The van der Waals surface area contributed by atoms with E-state index < -0.39 is 312 Å². The quantitative estimate of drug-likeness (QED) is 0.0767. The van der Waals surface area contributed by atoms with Gasteiger partial charge in [0, 0.05) is 131 Å². The summed E-state index contributed by atoms with van der Waals surface area (Å²) in [5.74, 6) is -27.5. The number of esters is 2. The fraction of sp³-hybridized carbons (Fsp3) is 0.598. The van der Waals surface area contributed by atoms with Crippen molar-refractivity contribution in [3.63, 3.8) is 0 Å². The third-order valence-electron chi connectivity index (χ3n) is 21.6. The first kappa shape index (κ1) is 101. The molecule has 4 aliphatic heterocycles. The van der Waals surface area contributed by atoms with Gasteiger partial charge in [0.15, 0.2) is 40.4 Å². The number of aliphatic hydroxyl groups is 1. The molecule has 0 aliphatic carbocycles. The standard InChI is InChI=1S/C82H110BrN11O28S/c1-11-39(3)71-60(99)17-18-65(103)87-56-38-123-78-50(28-46(75(110)84-36-69(107)92-71)29-63(102)72(40(4)12-2)93-77(112)57-31-48(96)37-94(57)79(113)55(89-76(56)111)35-70(108)119-10)49-32-54-64(34-53(49)90-78)122-82(118)43(7)27-62(101)45(9)86-67(105)20-24-121-22-14-16-59(98)73(91-68(106)33-52(83)81(116)117)51(30-47(95)25-42(6)80(114)115)58(97)15-13-21-120-23-19-66(104)85-44(8)61(100)26-41(5)74(109)88-54/h25,32-34,39-41,43-46,48,51,55-57,71-73,90,96H,11-24,26-31,35-38H2,1-10H3,(H,84,110)(H,85,104)(H,86,105)(H,87,103)(H,88,109)(H,89,111)(H,91,106)(H,92,107)(H,93,112)(H,114,115)(H,116,117)/b42-25-,52-33+/t39-,40-,41?,43?,44?,45?,46+,48-,51?,55-,56-,57-,71-,72-,73?/m0/s1. The van der Waals surface area contributed by atoms with Crippen molar-refractivity contribution in [3.05, 3.63) is 39.9 Å². The van der Waals surface area contributed by atoms with E-state index in [1.54, 1.807) is 27.7 Å². The molecule has 41 heteroatoms. The van der Waals surface area contributed by atoms with Crippen molar-refractivity contribution in [1.29, 1.82) is 0 Å².